The Kier molecular flexibility index (Phi) is 6.90. The van der Waals surface area contributed by atoms with Crippen LogP contribution in [0.2, 0.25) is 0 Å². The smallest absolute Gasteiger partial charge is 0.234 e. The summed E-state index contributed by atoms with van der Waals surface area (Å²) in [7, 11) is 0. The normalized spacial score (nSPS) is 16.5. The topological polar surface area (TPSA) is 65.9 Å². The van der Waals surface area contributed by atoms with Crippen molar-refractivity contribution in [3.8, 4) is 5.75 Å². The number of benzene rings is 3. The number of rotatable bonds is 6. The minimum Gasteiger partial charge on any atom is -0.490 e. The quantitative estimate of drug-likeness (QED) is 0.420. The molecule has 1 atom stereocenters. The van der Waals surface area contributed by atoms with E-state index >= 15 is 0 Å². The molecule has 1 aromatic heterocycles. The van der Waals surface area contributed by atoms with Crippen molar-refractivity contribution in [3.63, 3.8) is 0 Å². The van der Waals surface area contributed by atoms with Crippen LogP contribution in [0.25, 0.3) is 23.1 Å². The summed E-state index contributed by atoms with van der Waals surface area (Å²) >= 11 is 0. The number of hydrogen-bond donors (Lipinski definition) is 1. The van der Waals surface area contributed by atoms with Gasteiger partial charge in [0.15, 0.2) is 0 Å². The number of carbonyl (C=O) groups excluding carboxylic acids is 1. The fourth-order valence-electron chi connectivity index (χ4n) is 5.54. The van der Waals surface area contributed by atoms with Gasteiger partial charge in [-0.25, -0.2) is 0 Å². The lowest BCUT2D eigenvalue weighted by atomic mass is 9.86. The molecule has 1 unspecified atom stereocenters. The number of ether oxygens (including phenoxy) is 1. The van der Waals surface area contributed by atoms with Gasteiger partial charge >= 0.3 is 0 Å². The van der Waals surface area contributed by atoms with E-state index in [1.807, 2.05) is 59.5 Å². The molecule has 192 valence electrons. The van der Waals surface area contributed by atoms with Crippen LogP contribution in [0.15, 0.2) is 85.1 Å². The lowest BCUT2D eigenvalue weighted by Crippen LogP contribution is -2.52. The Morgan fingerprint density at radius 3 is 2.26 bits per heavy atom. The summed E-state index contributed by atoms with van der Waals surface area (Å²) in [5.41, 5.74) is 5.15. The van der Waals surface area contributed by atoms with E-state index in [0.29, 0.717) is 19.6 Å². The zero-order chi connectivity index (χ0) is 25.9. The van der Waals surface area contributed by atoms with Gasteiger partial charge in [0.2, 0.25) is 5.91 Å². The first-order chi connectivity index (χ1) is 18.7. The summed E-state index contributed by atoms with van der Waals surface area (Å²) < 4.78 is 5.95. The first-order valence-corrected chi connectivity index (χ1v) is 13.2. The molecule has 2 aliphatic rings. The fraction of sp³-hybridized carbons (Fsp3) is 0.250. The summed E-state index contributed by atoms with van der Waals surface area (Å²) in [6, 6.07) is 26.0. The van der Waals surface area contributed by atoms with Crippen LogP contribution in [0.5, 0.6) is 5.75 Å². The van der Waals surface area contributed by atoms with Crippen molar-refractivity contribution in [2.24, 2.45) is 0 Å². The van der Waals surface area contributed by atoms with Crippen molar-refractivity contribution in [1.29, 1.82) is 0 Å². The lowest BCUT2D eigenvalue weighted by Gasteiger charge is -2.37. The molecule has 0 saturated carbocycles. The van der Waals surface area contributed by atoms with Gasteiger partial charge in [0.1, 0.15) is 18.5 Å². The van der Waals surface area contributed by atoms with E-state index in [4.69, 9.17) is 4.74 Å². The van der Waals surface area contributed by atoms with E-state index in [0.717, 1.165) is 52.0 Å². The second-order valence-electron chi connectivity index (χ2n) is 9.94. The molecule has 0 radical (unpaired) electrons. The molecule has 6 nitrogen and oxygen atoms in total. The molecule has 3 aromatic carbocycles. The van der Waals surface area contributed by atoms with E-state index < -0.39 is 6.10 Å². The lowest BCUT2D eigenvalue weighted by molar-refractivity contribution is -0.133. The van der Waals surface area contributed by atoms with Crippen LogP contribution in [-0.4, -0.2) is 71.2 Å². The van der Waals surface area contributed by atoms with Crippen LogP contribution in [-0.2, 0) is 4.79 Å². The number of hydrogen-bond acceptors (Lipinski definition) is 5. The molecule has 6 heteroatoms. The summed E-state index contributed by atoms with van der Waals surface area (Å²) in [6.45, 7) is 3.41. The average molecular weight is 506 g/mol. The molecule has 38 heavy (non-hydrogen) atoms. The highest BCUT2D eigenvalue weighted by Crippen LogP contribution is 2.36. The van der Waals surface area contributed by atoms with E-state index in [-0.39, 0.29) is 18.4 Å². The number of piperazine rings is 1. The Hall–Kier alpha value is -4.00. The number of pyridine rings is 1. The van der Waals surface area contributed by atoms with Crippen LogP contribution in [0.3, 0.4) is 0 Å². The van der Waals surface area contributed by atoms with Crippen molar-refractivity contribution >= 4 is 29.0 Å². The zero-order valence-corrected chi connectivity index (χ0v) is 21.2. The van der Waals surface area contributed by atoms with E-state index in [9.17, 15) is 9.90 Å². The Morgan fingerprint density at radius 2 is 1.55 bits per heavy atom. The van der Waals surface area contributed by atoms with Gasteiger partial charge in [0.25, 0.3) is 0 Å². The molecular formula is C32H31N3O3. The molecule has 1 saturated heterocycles. The molecular weight excluding hydrogens is 474 g/mol. The monoisotopic (exact) mass is 505 g/mol. The largest absolute Gasteiger partial charge is 0.490 e. The van der Waals surface area contributed by atoms with Gasteiger partial charge in [-0.1, -0.05) is 66.7 Å². The Balaban J connectivity index is 1.08. The Labute approximate surface area is 222 Å². The number of aliphatic hydroxyl groups excluding tert-OH is 1. The highest BCUT2D eigenvalue weighted by atomic mass is 16.5. The first-order valence-electron chi connectivity index (χ1n) is 13.2. The second-order valence-corrected chi connectivity index (χ2v) is 9.94. The van der Waals surface area contributed by atoms with Gasteiger partial charge in [-0.2, -0.15) is 0 Å². The molecule has 0 bridgehead atoms. The Bertz CT molecular complexity index is 1420. The van der Waals surface area contributed by atoms with Gasteiger partial charge in [0.05, 0.1) is 11.4 Å². The zero-order valence-electron chi connectivity index (χ0n) is 21.2. The maximum Gasteiger partial charge on any atom is 0.234 e. The van der Waals surface area contributed by atoms with Crippen LogP contribution >= 0.6 is 0 Å². The molecule has 1 amide bonds. The van der Waals surface area contributed by atoms with E-state index in [2.05, 4.69) is 46.3 Å². The van der Waals surface area contributed by atoms with Crippen molar-refractivity contribution < 1.29 is 14.6 Å². The fourth-order valence-corrected chi connectivity index (χ4v) is 5.54. The minimum absolute atomic E-state index is 0.140. The second kappa shape index (κ2) is 10.8. The molecule has 1 fully saturated rings. The van der Waals surface area contributed by atoms with Crippen molar-refractivity contribution in [1.82, 2.24) is 14.8 Å². The number of amides is 1. The van der Waals surface area contributed by atoms with Gasteiger partial charge in [-0.05, 0) is 46.5 Å². The average Bonchev–Trinajstić information content (AvgIpc) is 3.13. The summed E-state index contributed by atoms with van der Waals surface area (Å²) in [5.74, 6) is 0.545. The van der Waals surface area contributed by atoms with Crippen LogP contribution in [0.1, 0.15) is 28.2 Å². The number of nitrogens with zero attached hydrogens (tertiary/aromatic N) is 3. The number of β-amino-alcohol motifs (C(OH)–C–C–N with tert-alkyl or cyclic N) is 1. The van der Waals surface area contributed by atoms with Crippen molar-refractivity contribution in [2.75, 3.05) is 39.3 Å². The predicted octanol–water partition coefficient (Wildman–Crippen LogP) is 4.43. The molecule has 2 heterocycles. The van der Waals surface area contributed by atoms with Gasteiger partial charge < -0.3 is 14.7 Å². The molecule has 1 aliphatic heterocycles. The molecule has 4 aromatic rings. The summed E-state index contributed by atoms with van der Waals surface area (Å²) in [6.07, 6.45) is 5.35. The highest BCUT2D eigenvalue weighted by molar-refractivity contribution is 5.92. The van der Waals surface area contributed by atoms with Gasteiger partial charge in [-0.3, -0.25) is 14.7 Å². The van der Waals surface area contributed by atoms with Crippen LogP contribution < -0.4 is 4.74 Å². The standard InChI is InChI=1S/C32H31N3O3/c36-25(22-38-30-13-5-12-29-28(30)11-6-16-33-29)21-34-17-19-35(20-18-34)32(37)31-26-9-3-1-7-23(26)14-15-24-8-2-4-10-27(24)31/h1-16,25,31,36H,17-22H2. The van der Waals surface area contributed by atoms with Gasteiger partial charge in [-0.15, -0.1) is 0 Å². The van der Waals surface area contributed by atoms with Gasteiger partial charge in [0, 0.05) is 44.3 Å². The number of fused-ring (bicyclic) bond motifs is 3. The number of aromatic nitrogens is 1. The summed E-state index contributed by atoms with van der Waals surface area (Å²) in [5, 5.41) is 11.6. The third-order valence-corrected chi connectivity index (χ3v) is 7.49. The minimum atomic E-state index is -0.629. The Morgan fingerprint density at radius 1 is 0.868 bits per heavy atom. The van der Waals surface area contributed by atoms with Crippen LogP contribution in [0.4, 0.5) is 0 Å². The molecule has 0 spiro atoms. The SMILES string of the molecule is O=C(C1c2ccccc2C=Cc2ccccc21)N1CCN(CC(O)COc2cccc3ncccc23)CC1. The molecule has 1 aliphatic carbocycles. The first kappa shape index (κ1) is 24.3. The highest BCUT2D eigenvalue weighted by Gasteiger charge is 2.33. The maximum absolute atomic E-state index is 13.9. The van der Waals surface area contributed by atoms with Crippen molar-refractivity contribution in [3.05, 3.63) is 107 Å². The predicted molar refractivity (Wildman–Crippen MR) is 150 cm³/mol. The van der Waals surface area contributed by atoms with Crippen molar-refractivity contribution in [2.45, 2.75) is 12.0 Å². The molecule has 1 N–H and O–H groups in total. The third kappa shape index (κ3) is 4.93. The molecule has 6 rings (SSSR count). The van der Waals surface area contributed by atoms with E-state index in [1.165, 1.54) is 0 Å². The summed E-state index contributed by atoms with van der Waals surface area (Å²) in [4.78, 5) is 22.5. The third-order valence-electron chi connectivity index (χ3n) is 7.49. The maximum atomic E-state index is 13.9. The van der Waals surface area contributed by atoms with Crippen LogP contribution in [0, 0.1) is 0 Å². The van der Waals surface area contributed by atoms with E-state index in [1.54, 1.807) is 6.20 Å². The number of aliphatic hydroxyl groups is 1. The number of carbonyl (C=O) groups is 1.